The average molecular weight is 934 g/mol. The Hall–Kier alpha value is -1.59. The molecule has 66 heavy (non-hydrogen) atoms. The van der Waals surface area contributed by atoms with Gasteiger partial charge in [0.05, 0.1) is 25.4 Å². The summed E-state index contributed by atoms with van der Waals surface area (Å²) in [6.45, 7) is 3.65. The highest BCUT2D eigenvalue weighted by Gasteiger charge is 2.44. The van der Waals surface area contributed by atoms with Crippen molar-refractivity contribution in [2.24, 2.45) is 0 Å². The number of aliphatic hydroxyl groups excluding tert-OH is 5. The minimum absolute atomic E-state index is 0.189. The molecule has 1 aliphatic rings. The van der Waals surface area contributed by atoms with E-state index in [4.69, 9.17) is 9.47 Å². The summed E-state index contributed by atoms with van der Waals surface area (Å²) >= 11 is 0. The van der Waals surface area contributed by atoms with Crippen LogP contribution >= 0.6 is 0 Å². The maximum Gasteiger partial charge on any atom is 0.220 e. The van der Waals surface area contributed by atoms with Crippen molar-refractivity contribution in [1.29, 1.82) is 0 Å². The van der Waals surface area contributed by atoms with Crippen molar-refractivity contribution < 1.29 is 39.8 Å². The maximum absolute atomic E-state index is 13.0. The first kappa shape index (κ1) is 62.4. The maximum atomic E-state index is 13.0. The Morgan fingerprint density at radius 3 is 1.26 bits per heavy atom. The number of allylic oxidation sites excluding steroid dienone is 5. The van der Waals surface area contributed by atoms with Gasteiger partial charge in [-0.05, 0) is 38.5 Å². The summed E-state index contributed by atoms with van der Waals surface area (Å²) in [5.74, 6) is -0.189. The van der Waals surface area contributed by atoms with E-state index >= 15 is 0 Å². The van der Waals surface area contributed by atoms with Gasteiger partial charge < -0.3 is 40.3 Å². The van der Waals surface area contributed by atoms with Crippen LogP contribution in [0.5, 0.6) is 0 Å². The lowest BCUT2D eigenvalue weighted by molar-refractivity contribution is -0.302. The van der Waals surface area contributed by atoms with E-state index in [0.717, 1.165) is 51.4 Å². The fraction of sp³-hybridized carbons (Fsp3) is 0.877. The minimum Gasteiger partial charge on any atom is -0.394 e. The number of rotatable bonds is 48. The van der Waals surface area contributed by atoms with E-state index in [1.54, 1.807) is 6.08 Å². The highest BCUT2D eigenvalue weighted by Crippen LogP contribution is 2.23. The summed E-state index contributed by atoms with van der Waals surface area (Å²) in [5, 5.41) is 54.2. The first-order valence-corrected chi connectivity index (χ1v) is 28.2. The van der Waals surface area contributed by atoms with Crippen LogP contribution in [0.4, 0.5) is 0 Å². The van der Waals surface area contributed by atoms with Crippen LogP contribution in [0.3, 0.4) is 0 Å². The molecule has 1 aliphatic heterocycles. The second kappa shape index (κ2) is 47.1. The Morgan fingerprint density at radius 2 is 0.879 bits per heavy atom. The molecule has 0 saturated carbocycles. The SMILES string of the molecule is CC/C=C/CC/C=C/CC/C=C/C(O)C(COC1OC(CO)C(O)C(O)C1O)NC(=O)CCCCCCCCCCCCCCCCCCCCCCCCCCCCCCCCCCC. The molecule has 0 spiro atoms. The van der Waals surface area contributed by atoms with E-state index in [1.807, 2.05) is 6.08 Å². The molecule has 0 aromatic rings. The smallest absolute Gasteiger partial charge is 0.220 e. The minimum atomic E-state index is -1.57. The molecule has 0 radical (unpaired) electrons. The molecular formula is C57H107NO8. The molecule has 0 aromatic carbocycles. The van der Waals surface area contributed by atoms with Gasteiger partial charge in [-0.3, -0.25) is 4.79 Å². The van der Waals surface area contributed by atoms with Crippen LogP contribution in [0.15, 0.2) is 36.5 Å². The summed E-state index contributed by atoms with van der Waals surface area (Å²) in [7, 11) is 0. The Kier molecular flexibility index (Phi) is 44.6. The molecule has 7 atom stereocenters. The largest absolute Gasteiger partial charge is 0.394 e. The van der Waals surface area contributed by atoms with Crippen molar-refractivity contribution in [2.45, 2.75) is 307 Å². The van der Waals surface area contributed by atoms with Crippen LogP contribution in [0.2, 0.25) is 0 Å². The molecule has 9 heteroatoms. The zero-order valence-corrected chi connectivity index (χ0v) is 43.0. The highest BCUT2D eigenvalue weighted by atomic mass is 16.7. The first-order chi connectivity index (χ1) is 32.3. The molecule has 6 N–H and O–H groups in total. The molecule has 7 unspecified atom stereocenters. The molecule has 1 amide bonds. The Bertz CT molecular complexity index is 1130. The molecule has 388 valence electrons. The fourth-order valence-corrected chi connectivity index (χ4v) is 9.02. The summed E-state index contributed by atoms with van der Waals surface area (Å²) in [6.07, 6.45) is 54.0. The monoisotopic (exact) mass is 934 g/mol. The van der Waals surface area contributed by atoms with E-state index < -0.39 is 49.5 Å². The third-order valence-corrected chi connectivity index (χ3v) is 13.5. The van der Waals surface area contributed by atoms with Gasteiger partial charge >= 0.3 is 0 Å². The normalized spacial score (nSPS) is 20.0. The number of nitrogens with one attached hydrogen (secondary N) is 1. The van der Waals surface area contributed by atoms with Gasteiger partial charge in [-0.15, -0.1) is 0 Å². The number of aliphatic hydroxyl groups is 5. The van der Waals surface area contributed by atoms with Crippen molar-refractivity contribution in [2.75, 3.05) is 13.2 Å². The van der Waals surface area contributed by atoms with Crippen molar-refractivity contribution in [3.63, 3.8) is 0 Å². The summed E-state index contributed by atoms with van der Waals surface area (Å²) in [5.41, 5.74) is 0. The van der Waals surface area contributed by atoms with Gasteiger partial charge in [0.2, 0.25) is 5.91 Å². The number of hydrogen-bond acceptors (Lipinski definition) is 8. The zero-order chi connectivity index (χ0) is 48.0. The second-order valence-corrected chi connectivity index (χ2v) is 19.7. The van der Waals surface area contributed by atoms with Crippen molar-refractivity contribution in [3.05, 3.63) is 36.5 Å². The third kappa shape index (κ3) is 36.4. The van der Waals surface area contributed by atoms with E-state index in [9.17, 15) is 30.3 Å². The van der Waals surface area contributed by atoms with Crippen molar-refractivity contribution >= 4 is 5.91 Å². The number of amides is 1. The third-order valence-electron chi connectivity index (χ3n) is 13.5. The first-order valence-electron chi connectivity index (χ1n) is 28.2. The second-order valence-electron chi connectivity index (χ2n) is 19.7. The highest BCUT2D eigenvalue weighted by molar-refractivity contribution is 5.76. The quantitative estimate of drug-likeness (QED) is 0.0261. The van der Waals surface area contributed by atoms with Crippen molar-refractivity contribution in [3.8, 4) is 0 Å². The summed E-state index contributed by atoms with van der Waals surface area (Å²) in [6, 6.07) is -0.824. The van der Waals surface area contributed by atoms with Crippen LogP contribution in [-0.2, 0) is 14.3 Å². The van der Waals surface area contributed by atoms with Gasteiger partial charge in [-0.2, -0.15) is 0 Å². The molecule has 1 fully saturated rings. The van der Waals surface area contributed by atoms with Gasteiger partial charge in [-0.1, -0.05) is 256 Å². The molecule has 0 aromatic heterocycles. The van der Waals surface area contributed by atoms with Gasteiger partial charge in [0.1, 0.15) is 24.4 Å². The lowest BCUT2D eigenvalue weighted by Crippen LogP contribution is -2.60. The zero-order valence-electron chi connectivity index (χ0n) is 43.0. The summed E-state index contributed by atoms with van der Waals surface area (Å²) < 4.78 is 11.2. The number of unbranched alkanes of at least 4 members (excludes halogenated alkanes) is 34. The van der Waals surface area contributed by atoms with Crippen LogP contribution in [0.1, 0.15) is 264 Å². The molecule has 9 nitrogen and oxygen atoms in total. The number of ether oxygens (including phenoxy) is 2. The lowest BCUT2D eigenvalue weighted by atomic mass is 9.99. The van der Waals surface area contributed by atoms with E-state index in [0.29, 0.717) is 6.42 Å². The molecule has 1 rings (SSSR count). The number of carbonyl (C=O) groups is 1. The van der Waals surface area contributed by atoms with Crippen LogP contribution < -0.4 is 5.32 Å². The number of carbonyl (C=O) groups excluding carboxylic acids is 1. The standard InChI is InChI=1S/C57H107NO8/c1-3-5-7-9-11-13-15-16-17-18-19-20-21-22-23-24-25-26-27-28-29-30-31-32-33-34-35-36-37-39-41-43-45-47-53(61)58-50(49-65-57-56(64)55(63)54(62)52(48-59)66-57)51(60)46-44-42-40-38-14-12-10-8-6-4-2/h6,8,14,38,44,46,50-52,54-57,59-60,62-64H,3-5,7,9-13,15-37,39-43,45,47-49H2,1-2H3,(H,58,61)/b8-6+,38-14+,46-44+. The molecule has 0 bridgehead atoms. The summed E-state index contributed by atoms with van der Waals surface area (Å²) in [4.78, 5) is 13.0. The van der Waals surface area contributed by atoms with E-state index in [-0.39, 0.29) is 12.5 Å². The van der Waals surface area contributed by atoms with Crippen LogP contribution in [0, 0.1) is 0 Å². The Balaban J connectivity index is 2.06. The van der Waals surface area contributed by atoms with E-state index in [1.165, 1.54) is 193 Å². The molecule has 1 saturated heterocycles. The topological polar surface area (TPSA) is 149 Å². The Labute approximate surface area is 406 Å². The fourth-order valence-electron chi connectivity index (χ4n) is 9.02. The predicted molar refractivity (Wildman–Crippen MR) is 276 cm³/mol. The Morgan fingerprint density at radius 1 is 0.515 bits per heavy atom. The van der Waals surface area contributed by atoms with Crippen LogP contribution in [0.25, 0.3) is 0 Å². The van der Waals surface area contributed by atoms with Gasteiger partial charge in [0.25, 0.3) is 0 Å². The molecule has 0 aliphatic carbocycles. The lowest BCUT2D eigenvalue weighted by Gasteiger charge is -2.40. The number of hydrogen-bond donors (Lipinski definition) is 6. The van der Waals surface area contributed by atoms with Gasteiger partial charge in [0.15, 0.2) is 6.29 Å². The van der Waals surface area contributed by atoms with Crippen molar-refractivity contribution in [1.82, 2.24) is 5.32 Å². The van der Waals surface area contributed by atoms with E-state index in [2.05, 4.69) is 43.5 Å². The van der Waals surface area contributed by atoms with Crippen LogP contribution in [-0.4, -0.2) is 87.5 Å². The average Bonchev–Trinajstić information content (AvgIpc) is 3.32. The predicted octanol–water partition coefficient (Wildman–Crippen LogP) is 13.6. The molecule has 1 heterocycles. The van der Waals surface area contributed by atoms with Gasteiger partial charge in [-0.25, -0.2) is 0 Å². The molecular weight excluding hydrogens is 827 g/mol. The van der Waals surface area contributed by atoms with Gasteiger partial charge in [0, 0.05) is 6.42 Å².